The van der Waals surface area contributed by atoms with Crippen LogP contribution in [0.3, 0.4) is 0 Å². The fourth-order valence-corrected chi connectivity index (χ4v) is 2.69. The summed E-state index contributed by atoms with van der Waals surface area (Å²) in [7, 11) is 0. The third-order valence-corrected chi connectivity index (χ3v) is 4.25. The molecule has 0 fully saturated rings. The van der Waals surface area contributed by atoms with E-state index in [2.05, 4.69) is 10.6 Å². The highest BCUT2D eigenvalue weighted by Crippen LogP contribution is 2.10. The summed E-state index contributed by atoms with van der Waals surface area (Å²) < 4.78 is 10.6. The van der Waals surface area contributed by atoms with Crippen LogP contribution >= 0.6 is 0 Å². The number of ether oxygens (including phenoxy) is 2. The summed E-state index contributed by atoms with van der Waals surface area (Å²) in [5, 5.41) is 5.37. The molecule has 1 aromatic rings. The minimum atomic E-state index is -0.849. The smallest absolute Gasteiger partial charge is 0.408 e. The Kier molecular flexibility index (Phi) is 10.4. The van der Waals surface area contributed by atoms with Crippen molar-refractivity contribution in [1.29, 1.82) is 0 Å². The SMILES string of the molecule is CCCCOC(=O)[C@H](Cc1ccccc1)NC(=O)[C@@H](NC(=O)OC(C)(C)C)C(C)C. The summed E-state index contributed by atoms with van der Waals surface area (Å²) in [6.07, 6.45) is 1.28. The molecule has 0 aliphatic heterocycles. The van der Waals surface area contributed by atoms with E-state index in [9.17, 15) is 14.4 Å². The van der Waals surface area contributed by atoms with Gasteiger partial charge in [-0.05, 0) is 38.7 Å². The summed E-state index contributed by atoms with van der Waals surface area (Å²) in [6.45, 7) is 11.2. The number of amides is 2. The van der Waals surface area contributed by atoms with Crippen molar-refractivity contribution in [3.63, 3.8) is 0 Å². The molecule has 0 aliphatic carbocycles. The monoisotopic (exact) mass is 420 g/mol. The van der Waals surface area contributed by atoms with Gasteiger partial charge >= 0.3 is 12.1 Å². The molecular formula is C23H36N2O5. The highest BCUT2D eigenvalue weighted by molar-refractivity contribution is 5.90. The summed E-state index contributed by atoms with van der Waals surface area (Å²) in [5.74, 6) is -1.14. The van der Waals surface area contributed by atoms with Crippen LogP contribution in [0.4, 0.5) is 4.79 Å². The van der Waals surface area contributed by atoms with Crippen molar-refractivity contribution in [2.24, 2.45) is 5.92 Å². The molecule has 0 aromatic heterocycles. The van der Waals surface area contributed by atoms with Crippen molar-refractivity contribution in [3.8, 4) is 0 Å². The standard InChI is InChI=1S/C23H36N2O5/c1-7-8-14-29-21(27)18(15-17-12-10-9-11-13-17)24-20(26)19(16(2)3)25-22(28)30-23(4,5)6/h9-13,16,18-19H,7-8,14-15H2,1-6H3,(H,24,26)(H,25,28)/t18-,19-/m0/s1. The highest BCUT2D eigenvalue weighted by atomic mass is 16.6. The van der Waals surface area contributed by atoms with Crippen LogP contribution in [0.2, 0.25) is 0 Å². The first-order chi connectivity index (χ1) is 14.0. The molecule has 0 spiro atoms. The molecule has 168 valence electrons. The van der Waals surface area contributed by atoms with Gasteiger partial charge in [0.2, 0.25) is 5.91 Å². The Morgan fingerprint density at radius 1 is 1.03 bits per heavy atom. The van der Waals surface area contributed by atoms with Crippen LogP contribution in [0.5, 0.6) is 0 Å². The summed E-state index contributed by atoms with van der Waals surface area (Å²) in [6, 6.07) is 7.71. The lowest BCUT2D eigenvalue weighted by Gasteiger charge is -2.27. The zero-order valence-corrected chi connectivity index (χ0v) is 19.0. The number of benzene rings is 1. The van der Waals surface area contributed by atoms with Gasteiger partial charge in [-0.1, -0.05) is 57.5 Å². The molecule has 0 bridgehead atoms. The molecule has 0 aliphatic rings. The quantitative estimate of drug-likeness (QED) is 0.445. The summed E-state index contributed by atoms with van der Waals surface area (Å²) in [5.41, 5.74) is 0.220. The number of carbonyl (C=O) groups excluding carboxylic acids is 3. The maximum absolute atomic E-state index is 12.9. The van der Waals surface area contributed by atoms with Crippen LogP contribution in [-0.2, 0) is 25.5 Å². The van der Waals surface area contributed by atoms with Crippen molar-refractivity contribution in [2.75, 3.05) is 6.61 Å². The first kappa shape index (κ1) is 25.5. The van der Waals surface area contributed by atoms with Gasteiger partial charge in [-0.2, -0.15) is 0 Å². The first-order valence-electron chi connectivity index (χ1n) is 10.5. The number of hydrogen-bond donors (Lipinski definition) is 2. The van der Waals surface area contributed by atoms with Gasteiger partial charge in [-0.15, -0.1) is 0 Å². The number of esters is 1. The van der Waals surface area contributed by atoms with Crippen LogP contribution in [0.1, 0.15) is 59.9 Å². The molecule has 2 N–H and O–H groups in total. The predicted molar refractivity (Wildman–Crippen MR) is 116 cm³/mol. The van der Waals surface area contributed by atoms with Crippen molar-refractivity contribution in [2.45, 2.75) is 78.5 Å². The fourth-order valence-electron chi connectivity index (χ4n) is 2.69. The van der Waals surface area contributed by atoms with E-state index in [1.807, 2.05) is 51.1 Å². The van der Waals surface area contributed by atoms with E-state index < -0.39 is 35.7 Å². The molecular weight excluding hydrogens is 384 g/mol. The normalized spacial score (nSPS) is 13.3. The molecule has 2 amide bonds. The second-order valence-electron chi connectivity index (χ2n) is 8.64. The van der Waals surface area contributed by atoms with Crippen molar-refractivity contribution in [3.05, 3.63) is 35.9 Å². The molecule has 0 radical (unpaired) electrons. The van der Waals surface area contributed by atoms with Crippen molar-refractivity contribution in [1.82, 2.24) is 10.6 Å². The molecule has 1 aromatic carbocycles. The fraction of sp³-hybridized carbons (Fsp3) is 0.609. The van der Waals surface area contributed by atoms with Crippen molar-refractivity contribution < 1.29 is 23.9 Å². The van der Waals surface area contributed by atoms with Crippen molar-refractivity contribution >= 4 is 18.0 Å². The zero-order chi connectivity index (χ0) is 22.7. The second-order valence-corrected chi connectivity index (χ2v) is 8.64. The van der Waals surface area contributed by atoms with Crippen LogP contribution in [-0.4, -0.2) is 42.3 Å². The second kappa shape index (κ2) is 12.2. The lowest BCUT2D eigenvalue weighted by Crippen LogP contribution is -2.55. The van der Waals surface area contributed by atoms with E-state index in [0.717, 1.165) is 18.4 Å². The van der Waals surface area contributed by atoms with Crippen LogP contribution < -0.4 is 10.6 Å². The molecule has 2 atom stereocenters. The third-order valence-electron chi connectivity index (χ3n) is 4.25. The number of nitrogens with one attached hydrogen (secondary N) is 2. The molecule has 0 saturated carbocycles. The van der Waals surface area contributed by atoms with Gasteiger partial charge in [-0.3, -0.25) is 4.79 Å². The third kappa shape index (κ3) is 9.76. The zero-order valence-electron chi connectivity index (χ0n) is 19.0. The average molecular weight is 421 g/mol. The minimum absolute atomic E-state index is 0.203. The van der Waals surface area contributed by atoms with E-state index in [4.69, 9.17) is 9.47 Å². The molecule has 0 heterocycles. The van der Waals surface area contributed by atoms with Crippen LogP contribution in [0.25, 0.3) is 0 Å². The van der Waals surface area contributed by atoms with Crippen LogP contribution in [0.15, 0.2) is 30.3 Å². The van der Waals surface area contributed by atoms with Gasteiger partial charge in [-0.25, -0.2) is 9.59 Å². The Bertz CT molecular complexity index is 683. The molecule has 0 saturated heterocycles. The Hall–Kier alpha value is -2.57. The van der Waals surface area contributed by atoms with E-state index in [-0.39, 0.29) is 5.92 Å². The largest absolute Gasteiger partial charge is 0.464 e. The molecule has 7 nitrogen and oxygen atoms in total. The number of hydrogen-bond acceptors (Lipinski definition) is 5. The van der Waals surface area contributed by atoms with Gasteiger partial charge in [0, 0.05) is 6.42 Å². The van der Waals surface area contributed by atoms with E-state index in [0.29, 0.717) is 13.0 Å². The molecule has 30 heavy (non-hydrogen) atoms. The number of rotatable bonds is 10. The molecule has 7 heteroatoms. The minimum Gasteiger partial charge on any atom is -0.464 e. The lowest BCUT2D eigenvalue weighted by molar-refractivity contribution is -0.148. The maximum atomic E-state index is 12.9. The Labute approximate surface area is 179 Å². The van der Waals surface area contributed by atoms with E-state index >= 15 is 0 Å². The van der Waals surface area contributed by atoms with Gasteiger partial charge in [0.15, 0.2) is 0 Å². The van der Waals surface area contributed by atoms with Crippen LogP contribution in [0, 0.1) is 5.92 Å². The average Bonchev–Trinajstić information content (AvgIpc) is 2.64. The number of carbonyl (C=O) groups is 3. The number of alkyl carbamates (subject to hydrolysis) is 1. The molecule has 1 rings (SSSR count). The predicted octanol–water partition coefficient (Wildman–Crippen LogP) is 3.61. The van der Waals surface area contributed by atoms with Gasteiger partial charge in [0.25, 0.3) is 0 Å². The number of unbranched alkanes of at least 4 members (excludes halogenated alkanes) is 1. The Balaban J connectivity index is 2.90. The summed E-state index contributed by atoms with van der Waals surface area (Å²) >= 11 is 0. The van der Waals surface area contributed by atoms with E-state index in [1.165, 1.54) is 0 Å². The van der Waals surface area contributed by atoms with Gasteiger partial charge < -0.3 is 20.1 Å². The first-order valence-corrected chi connectivity index (χ1v) is 10.5. The van der Waals surface area contributed by atoms with Gasteiger partial charge in [0.05, 0.1) is 6.61 Å². The lowest BCUT2D eigenvalue weighted by atomic mass is 10.0. The Morgan fingerprint density at radius 3 is 2.20 bits per heavy atom. The summed E-state index contributed by atoms with van der Waals surface area (Å²) in [4.78, 5) is 37.7. The molecule has 0 unspecified atom stereocenters. The van der Waals surface area contributed by atoms with E-state index in [1.54, 1.807) is 20.8 Å². The maximum Gasteiger partial charge on any atom is 0.408 e. The van der Waals surface area contributed by atoms with Gasteiger partial charge in [0.1, 0.15) is 17.7 Å². The highest BCUT2D eigenvalue weighted by Gasteiger charge is 2.31. The Morgan fingerprint density at radius 2 is 1.67 bits per heavy atom. The topological polar surface area (TPSA) is 93.7 Å².